The summed E-state index contributed by atoms with van der Waals surface area (Å²) in [5, 5.41) is 0. The van der Waals surface area contributed by atoms with E-state index in [0.29, 0.717) is 19.0 Å². The molecule has 0 saturated carbocycles. The fraction of sp³-hybridized carbons (Fsp3) is 0.500. The van der Waals surface area contributed by atoms with E-state index in [2.05, 4.69) is 24.0 Å². The first-order valence-corrected chi connectivity index (χ1v) is 9.04. The summed E-state index contributed by atoms with van der Waals surface area (Å²) in [6.07, 6.45) is 4.51. The van der Waals surface area contributed by atoms with Crippen molar-refractivity contribution in [2.45, 2.75) is 44.6 Å². The van der Waals surface area contributed by atoms with Gasteiger partial charge in [0.05, 0.1) is 17.9 Å². The lowest BCUT2D eigenvalue weighted by atomic mass is 9.86. The number of rotatable bonds is 7. The van der Waals surface area contributed by atoms with Gasteiger partial charge in [-0.25, -0.2) is 4.98 Å². The van der Waals surface area contributed by atoms with Gasteiger partial charge in [-0.2, -0.15) is 0 Å². The van der Waals surface area contributed by atoms with Crippen LogP contribution >= 0.6 is 0 Å². The Kier molecular flexibility index (Phi) is 5.53. The van der Waals surface area contributed by atoms with Gasteiger partial charge in [-0.1, -0.05) is 43.7 Å². The molecule has 1 aromatic heterocycles. The second kappa shape index (κ2) is 7.83. The summed E-state index contributed by atoms with van der Waals surface area (Å²) >= 11 is 0. The summed E-state index contributed by atoms with van der Waals surface area (Å²) in [4.78, 5) is 16.9. The maximum Gasteiger partial charge on any atom is 0.299 e. The van der Waals surface area contributed by atoms with Crippen LogP contribution in [0.25, 0.3) is 0 Å². The van der Waals surface area contributed by atoms with Gasteiger partial charge in [-0.3, -0.25) is 9.36 Å². The first-order chi connectivity index (χ1) is 12.1. The average Bonchev–Trinajstić information content (AvgIpc) is 3.10. The van der Waals surface area contributed by atoms with E-state index in [-0.39, 0.29) is 5.56 Å². The van der Waals surface area contributed by atoms with Crippen LogP contribution < -0.4 is 10.3 Å². The molecule has 1 aliphatic rings. The minimum atomic E-state index is -0.401. The lowest BCUT2D eigenvalue weighted by molar-refractivity contribution is -0.000577. The minimum absolute atomic E-state index is 0.0993. The molecule has 0 radical (unpaired) electrons. The van der Waals surface area contributed by atoms with Crippen LogP contribution in [0.15, 0.2) is 41.2 Å². The average molecular weight is 342 g/mol. The molecule has 134 valence electrons. The molecule has 0 aliphatic carbocycles. The van der Waals surface area contributed by atoms with Crippen LogP contribution in [0.2, 0.25) is 0 Å². The van der Waals surface area contributed by atoms with E-state index in [1.165, 1.54) is 4.57 Å². The molecule has 5 nitrogen and oxygen atoms in total. The third-order valence-electron chi connectivity index (χ3n) is 4.75. The molecule has 1 aliphatic heterocycles. The number of hydrogen-bond acceptors (Lipinski definition) is 4. The molecule has 0 bridgehead atoms. The minimum Gasteiger partial charge on any atom is -0.465 e. The Labute approximate surface area is 148 Å². The quantitative estimate of drug-likeness (QED) is 0.725. The van der Waals surface area contributed by atoms with E-state index in [9.17, 15) is 4.79 Å². The monoisotopic (exact) mass is 342 g/mol. The summed E-state index contributed by atoms with van der Waals surface area (Å²) < 4.78 is 13.3. The van der Waals surface area contributed by atoms with Crippen LogP contribution in [0.5, 0.6) is 6.01 Å². The van der Waals surface area contributed by atoms with Crippen LogP contribution in [0, 0.1) is 0 Å². The zero-order valence-corrected chi connectivity index (χ0v) is 15.0. The van der Waals surface area contributed by atoms with E-state index in [4.69, 9.17) is 9.47 Å². The second-order valence-corrected chi connectivity index (χ2v) is 6.62. The maximum absolute atomic E-state index is 12.3. The highest BCUT2D eigenvalue weighted by Crippen LogP contribution is 2.38. The second-order valence-electron chi connectivity index (χ2n) is 6.62. The van der Waals surface area contributed by atoms with Gasteiger partial charge in [0.1, 0.15) is 0 Å². The molecule has 0 N–H and O–H groups in total. The predicted molar refractivity (Wildman–Crippen MR) is 96.9 cm³/mol. The number of nitrogens with zero attached hydrogens (tertiary/aromatic N) is 2. The molecule has 5 heteroatoms. The van der Waals surface area contributed by atoms with Crippen molar-refractivity contribution in [3.05, 3.63) is 58.0 Å². The zero-order chi connectivity index (χ0) is 17.7. The molecule has 1 fully saturated rings. The highest BCUT2D eigenvalue weighted by Gasteiger charge is 2.37. The van der Waals surface area contributed by atoms with Crippen molar-refractivity contribution in [2.75, 3.05) is 13.2 Å². The molecular formula is C20H26N2O3. The van der Waals surface area contributed by atoms with Crippen LogP contribution in [0.3, 0.4) is 0 Å². The van der Waals surface area contributed by atoms with E-state index in [1.807, 2.05) is 18.2 Å². The molecule has 3 rings (SSSR count). The van der Waals surface area contributed by atoms with E-state index >= 15 is 0 Å². The van der Waals surface area contributed by atoms with E-state index < -0.39 is 5.60 Å². The van der Waals surface area contributed by atoms with Crippen molar-refractivity contribution < 1.29 is 9.47 Å². The Morgan fingerprint density at radius 1 is 1.32 bits per heavy atom. The van der Waals surface area contributed by atoms with Gasteiger partial charge >= 0.3 is 0 Å². The molecule has 0 spiro atoms. The van der Waals surface area contributed by atoms with Crippen molar-refractivity contribution in [1.82, 2.24) is 9.55 Å². The zero-order valence-electron chi connectivity index (χ0n) is 15.0. The summed E-state index contributed by atoms with van der Waals surface area (Å²) in [5.74, 6) is 0. The van der Waals surface area contributed by atoms with Gasteiger partial charge in [0, 0.05) is 26.1 Å². The van der Waals surface area contributed by atoms with Gasteiger partial charge in [-0.05, 0) is 24.8 Å². The number of hydrogen-bond donors (Lipinski definition) is 0. The molecular weight excluding hydrogens is 316 g/mol. The van der Waals surface area contributed by atoms with Gasteiger partial charge in [0.2, 0.25) is 0 Å². The SMILES string of the molecule is CCCCOc1nc(CC2(c3ccccc3)CCCO2)cc(=O)n1C. The smallest absolute Gasteiger partial charge is 0.299 e. The fourth-order valence-electron chi connectivity index (χ4n) is 3.29. The molecule has 1 aromatic carbocycles. The maximum atomic E-state index is 12.3. The van der Waals surface area contributed by atoms with Crippen molar-refractivity contribution in [3.63, 3.8) is 0 Å². The molecule has 25 heavy (non-hydrogen) atoms. The van der Waals surface area contributed by atoms with Gasteiger partial charge in [0.25, 0.3) is 11.6 Å². The third-order valence-corrected chi connectivity index (χ3v) is 4.75. The first kappa shape index (κ1) is 17.7. The molecule has 2 heterocycles. The lowest BCUT2D eigenvalue weighted by Gasteiger charge is -2.29. The van der Waals surface area contributed by atoms with Gasteiger partial charge in [0.15, 0.2) is 0 Å². The Morgan fingerprint density at radius 2 is 2.12 bits per heavy atom. The summed E-state index contributed by atoms with van der Waals surface area (Å²) in [6, 6.07) is 12.2. The molecule has 2 aromatic rings. The number of aromatic nitrogens is 2. The van der Waals surface area contributed by atoms with E-state index in [1.54, 1.807) is 13.1 Å². The number of unbranched alkanes of at least 4 members (excludes halogenated alkanes) is 1. The fourth-order valence-corrected chi connectivity index (χ4v) is 3.29. The Bertz CT molecular complexity index is 749. The Hall–Kier alpha value is -2.14. The Balaban J connectivity index is 1.89. The first-order valence-electron chi connectivity index (χ1n) is 9.04. The molecule has 1 unspecified atom stereocenters. The van der Waals surface area contributed by atoms with Crippen LogP contribution in [0.1, 0.15) is 43.9 Å². The standard InChI is InChI=1S/C20H26N2O3/c1-3-4-12-24-19-21-17(14-18(23)22(19)2)15-20(11-8-13-25-20)16-9-6-5-7-10-16/h5-7,9-10,14H,3-4,8,11-13,15H2,1-2H3. The van der Waals surface area contributed by atoms with E-state index in [0.717, 1.165) is 43.5 Å². The summed E-state index contributed by atoms with van der Waals surface area (Å²) in [6.45, 7) is 3.41. The highest BCUT2D eigenvalue weighted by atomic mass is 16.5. The Morgan fingerprint density at radius 3 is 2.80 bits per heavy atom. The lowest BCUT2D eigenvalue weighted by Crippen LogP contribution is -2.30. The molecule has 0 amide bonds. The van der Waals surface area contributed by atoms with Crippen molar-refractivity contribution in [3.8, 4) is 6.01 Å². The van der Waals surface area contributed by atoms with Gasteiger partial charge < -0.3 is 9.47 Å². The van der Waals surface area contributed by atoms with Crippen molar-refractivity contribution in [2.24, 2.45) is 7.05 Å². The predicted octanol–water partition coefficient (Wildman–Crippen LogP) is 3.21. The topological polar surface area (TPSA) is 53.4 Å². The van der Waals surface area contributed by atoms with Crippen LogP contribution in [-0.4, -0.2) is 22.8 Å². The van der Waals surface area contributed by atoms with Crippen LogP contribution in [0.4, 0.5) is 0 Å². The summed E-state index contributed by atoms with van der Waals surface area (Å²) in [5.41, 5.74) is 1.36. The largest absolute Gasteiger partial charge is 0.465 e. The number of benzene rings is 1. The summed E-state index contributed by atoms with van der Waals surface area (Å²) in [7, 11) is 1.69. The molecule has 1 saturated heterocycles. The highest BCUT2D eigenvalue weighted by molar-refractivity contribution is 5.26. The number of ether oxygens (including phenoxy) is 2. The van der Waals surface area contributed by atoms with Crippen molar-refractivity contribution in [1.29, 1.82) is 0 Å². The molecule has 1 atom stereocenters. The third kappa shape index (κ3) is 3.93. The van der Waals surface area contributed by atoms with Gasteiger partial charge in [-0.15, -0.1) is 0 Å². The normalized spacial score (nSPS) is 19.9. The van der Waals surface area contributed by atoms with Crippen LogP contribution in [-0.2, 0) is 23.8 Å². The van der Waals surface area contributed by atoms with Crippen molar-refractivity contribution >= 4 is 0 Å².